The maximum Gasteiger partial charge on any atom is 0.254 e. The number of aryl methyl sites for hydroxylation is 2. The highest BCUT2D eigenvalue weighted by atomic mass is 16.3. The standard InChI is InChI=1S/C21H22N2O2/c1-14-9-10-15(2)17(12-14)21(24)23-11-5-6-16(13-23)20-22-18-7-3-4-8-19(18)25-20/h3-4,7-10,12,16H,5-6,11,13H2,1-2H3. The first-order valence-corrected chi connectivity index (χ1v) is 8.84. The van der Waals surface area contributed by atoms with E-state index in [9.17, 15) is 4.79 Å². The van der Waals surface area contributed by atoms with Crippen LogP contribution in [0, 0.1) is 13.8 Å². The fourth-order valence-corrected chi connectivity index (χ4v) is 3.56. The van der Waals surface area contributed by atoms with E-state index in [1.165, 1.54) is 0 Å². The molecule has 0 N–H and O–H groups in total. The van der Waals surface area contributed by atoms with Gasteiger partial charge in [-0.3, -0.25) is 4.79 Å². The van der Waals surface area contributed by atoms with Crippen molar-refractivity contribution >= 4 is 17.0 Å². The van der Waals surface area contributed by atoms with Gasteiger partial charge in [0, 0.05) is 18.7 Å². The van der Waals surface area contributed by atoms with Crippen LogP contribution in [0.1, 0.15) is 46.1 Å². The fourth-order valence-electron chi connectivity index (χ4n) is 3.56. The minimum atomic E-state index is 0.113. The maximum absolute atomic E-state index is 13.0. The molecule has 0 saturated carbocycles. The van der Waals surface area contributed by atoms with Gasteiger partial charge in [-0.25, -0.2) is 4.98 Å². The number of aromatic nitrogens is 1. The van der Waals surface area contributed by atoms with Crippen LogP contribution in [0.25, 0.3) is 11.1 Å². The van der Waals surface area contributed by atoms with Gasteiger partial charge in [0.1, 0.15) is 5.52 Å². The largest absolute Gasteiger partial charge is 0.440 e. The molecule has 4 heteroatoms. The number of fused-ring (bicyclic) bond motifs is 1. The van der Waals surface area contributed by atoms with Crippen molar-refractivity contribution in [1.29, 1.82) is 0 Å². The van der Waals surface area contributed by atoms with Crippen molar-refractivity contribution in [2.45, 2.75) is 32.6 Å². The van der Waals surface area contributed by atoms with E-state index in [1.54, 1.807) is 0 Å². The molecule has 0 radical (unpaired) electrons. The smallest absolute Gasteiger partial charge is 0.254 e. The Kier molecular flexibility index (Phi) is 4.04. The highest BCUT2D eigenvalue weighted by molar-refractivity contribution is 5.96. The summed E-state index contributed by atoms with van der Waals surface area (Å²) < 4.78 is 5.94. The molecule has 1 saturated heterocycles. The highest BCUT2D eigenvalue weighted by Crippen LogP contribution is 2.30. The van der Waals surface area contributed by atoms with Crippen LogP contribution in [0.3, 0.4) is 0 Å². The number of rotatable bonds is 2. The number of carbonyl (C=O) groups excluding carboxylic acids is 1. The lowest BCUT2D eigenvalue weighted by Gasteiger charge is -2.31. The van der Waals surface area contributed by atoms with Crippen LogP contribution in [-0.2, 0) is 0 Å². The van der Waals surface area contributed by atoms with Gasteiger partial charge in [-0.05, 0) is 50.5 Å². The number of nitrogens with zero attached hydrogens (tertiary/aromatic N) is 2. The molecule has 0 spiro atoms. The molecule has 128 valence electrons. The average molecular weight is 334 g/mol. The number of para-hydroxylation sites is 2. The van der Waals surface area contributed by atoms with Crippen molar-refractivity contribution in [1.82, 2.24) is 9.88 Å². The molecule has 2 heterocycles. The number of likely N-dealkylation sites (tertiary alicyclic amines) is 1. The monoisotopic (exact) mass is 334 g/mol. The van der Waals surface area contributed by atoms with Gasteiger partial charge in [-0.2, -0.15) is 0 Å². The summed E-state index contributed by atoms with van der Waals surface area (Å²) in [7, 11) is 0. The normalized spacial score (nSPS) is 17.8. The molecule has 1 unspecified atom stereocenters. The summed E-state index contributed by atoms with van der Waals surface area (Å²) in [6, 6.07) is 13.9. The van der Waals surface area contributed by atoms with Crippen molar-refractivity contribution in [2.75, 3.05) is 13.1 Å². The lowest BCUT2D eigenvalue weighted by Crippen LogP contribution is -2.39. The molecule has 1 atom stereocenters. The Bertz CT molecular complexity index is 896. The van der Waals surface area contributed by atoms with Gasteiger partial charge >= 0.3 is 0 Å². The molecule has 3 aromatic rings. The van der Waals surface area contributed by atoms with Crippen molar-refractivity contribution in [2.24, 2.45) is 0 Å². The summed E-state index contributed by atoms with van der Waals surface area (Å²) in [5.41, 5.74) is 4.64. The van der Waals surface area contributed by atoms with Crippen molar-refractivity contribution < 1.29 is 9.21 Å². The summed E-state index contributed by atoms with van der Waals surface area (Å²) in [4.78, 5) is 19.6. The van der Waals surface area contributed by atoms with Gasteiger partial charge < -0.3 is 9.32 Å². The molecular weight excluding hydrogens is 312 g/mol. The third kappa shape index (κ3) is 3.04. The number of oxazole rings is 1. The first-order valence-electron chi connectivity index (χ1n) is 8.84. The number of piperidine rings is 1. The lowest BCUT2D eigenvalue weighted by molar-refractivity contribution is 0.0698. The van der Waals surface area contributed by atoms with Crippen LogP contribution in [0.2, 0.25) is 0 Å². The molecule has 0 bridgehead atoms. The molecule has 1 aliphatic heterocycles. The second kappa shape index (κ2) is 6.36. The van der Waals surface area contributed by atoms with Crippen LogP contribution in [0.15, 0.2) is 46.9 Å². The van der Waals surface area contributed by atoms with Gasteiger partial charge in [-0.1, -0.05) is 29.8 Å². The van der Waals surface area contributed by atoms with E-state index < -0.39 is 0 Å². The van der Waals surface area contributed by atoms with Crippen LogP contribution in [-0.4, -0.2) is 28.9 Å². The predicted molar refractivity (Wildman–Crippen MR) is 97.8 cm³/mol. The molecule has 1 amide bonds. The molecule has 1 aliphatic rings. The first kappa shape index (κ1) is 15.9. The SMILES string of the molecule is Cc1ccc(C)c(C(=O)N2CCCC(c3nc4ccccc4o3)C2)c1. The highest BCUT2D eigenvalue weighted by Gasteiger charge is 2.29. The summed E-state index contributed by atoms with van der Waals surface area (Å²) in [6.45, 7) is 5.48. The van der Waals surface area contributed by atoms with E-state index in [4.69, 9.17) is 4.42 Å². The zero-order chi connectivity index (χ0) is 17.4. The van der Waals surface area contributed by atoms with E-state index in [1.807, 2.05) is 61.2 Å². The zero-order valence-electron chi connectivity index (χ0n) is 14.7. The average Bonchev–Trinajstić information content (AvgIpc) is 3.07. The topological polar surface area (TPSA) is 46.3 Å². The van der Waals surface area contributed by atoms with E-state index in [0.717, 1.165) is 53.1 Å². The number of carbonyl (C=O) groups is 1. The Labute approximate surface area is 147 Å². The Morgan fingerprint density at radius 3 is 2.88 bits per heavy atom. The predicted octanol–water partition coefficient (Wildman–Crippen LogP) is 4.46. The molecule has 4 rings (SSSR count). The van der Waals surface area contributed by atoms with Gasteiger partial charge in [0.25, 0.3) is 5.91 Å². The van der Waals surface area contributed by atoms with E-state index >= 15 is 0 Å². The minimum Gasteiger partial charge on any atom is -0.440 e. The summed E-state index contributed by atoms with van der Waals surface area (Å²) in [5, 5.41) is 0. The molecule has 2 aromatic carbocycles. The Balaban J connectivity index is 1.58. The molecular formula is C21H22N2O2. The first-order chi connectivity index (χ1) is 12.1. The number of hydrogen-bond donors (Lipinski definition) is 0. The third-order valence-corrected chi connectivity index (χ3v) is 4.99. The number of benzene rings is 2. The van der Waals surface area contributed by atoms with E-state index in [-0.39, 0.29) is 11.8 Å². The second-order valence-electron chi connectivity index (χ2n) is 6.93. The van der Waals surface area contributed by atoms with E-state index in [0.29, 0.717) is 6.54 Å². The molecule has 1 fully saturated rings. The summed E-state index contributed by atoms with van der Waals surface area (Å²) in [5.74, 6) is 1.02. The Morgan fingerprint density at radius 1 is 1.20 bits per heavy atom. The van der Waals surface area contributed by atoms with Gasteiger partial charge in [0.2, 0.25) is 0 Å². The molecule has 1 aromatic heterocycles. The molecule has 4 nitrogen and oxygen atoms in total. The molecule has 0 aliphatic carbocycles. The summed E-state index contributed by atoms with van der Waals surface area (Å²) in [6.07, 6.45) is 1.98. The Morgan fingerprint density at radius 2 is 2.04 bits per heavy atom. The van der Waals surface area contributed by atoms with Crippen molar-refractivity contribution in [3.05, 3.63) is 65.0 Å². The third-order valence-electron chi connectivity index (χ3n) is 4.99. The summed E-state index contributed by atoms with van der Waals surface area (Å²) >= 11 is 0. The van der Waals surface area contributed by atoms with Crippen molar-refractivity contribution in [3.8, 4) is 0 Å². The second-order valence-corrected chi connectivity index (χ2v) is 6.93. The van der Waals surface area contributed by atoms with Crippen molar-refractivity contribution in [3.63, 3.8) is 0 Å². The fraction of sp³-hybridized carbons (Fsp3) is 0.333. The van der Waals surface area contributed by atoms with E-state index in [2.05, 4.69) is 4.98 Å². The van der Waals surface area contributed by atoms with Gasteiger partial charge in [0.05, 0.1) is 5.92 Å². The van der Waals surface area contributed by atoms with Gasteiger partial charge in [0.15, 0.2) is 11.5 Å². The van der Waals surface area contributed by atoms with Gasteiger partial charge in [-0.15, -0.1) is 0 Å². The van der Waals surface area contributed by atoms with Crippen LogP contribution in [0.5, 0.6) is 0 Å². The molecule has 25 heavy (non-hydrogen) atoms. The number of hydrogen-bond acceptors (Lipinski definition) is 3. The van der Waals surface area contributed by atoms with Crippen LogP contribution < -0.4 is 0 Å². The van der Waals surface area contributed by atoms with Crippen LogP contribution >= 0.6 is 0 Å². The minimum absolute atomic E-state index is 0.113. The van der Waals surface area contributed by atoms with Crippen LogP contribution in [0.4, 0.5) is 0 Å². The number of amides is 1. The quantitative estimate of drug-likeness (QED) is 0.695. The Hall–Kier alpha value is -2.62. The lowest BCUT2D eigenvalue weighted by atomic mass is 9.96. The zero-order valence-corrected chi connectivity index (χ0v) is 14.7. The maximum atomic E-state index is 13.0.